The first-order valence-corrected chi connectivity index (χ1v) is 10.1. The van der Waals surface area contributed by atoms with Crippen molar-refractivity contribution in [3.8, 4) is 11.3 Å². The second-order valence-corrected chi connectivity index (χ2v) is 8.04. The Morgan fingerprint density at radius 3 is 2.52 bits per heavy atom. The number of hydrogen-bond acceptors (Lipinski definition) is 5. The molecule has 5 rings (SSSR count). The summed E-state index contributed by atoms with van der Waals surface area (Å²) in [6.45, 7) is 4.61. The summed E-state index contributed by atoms with van der Waals surface area (Å²) in [7, 11) is 0. The zero-order valence-electron chi connectivity index (χ0n) is 15.2. The van der Waals surface area contributed by atoms with Gasteiger partial charge in [-0.15, -0.1) is 0 Å². The monoisotopic (exact) mass is 383 g/mol. The van der Waals surface area contributed by atoms with Gasteiger partial charge in [0.2, 0.25) is 0 Å². The lowest BCUT2D eigenvalue weighted by Crippen LogP contribution is -2.47. The van der Waals surface area contributed by atoms with Crippen molar-refractivity contribution in [1.82, 2.24) is 14.3 Å². The molecule has 0 atom stereocenters. The highest BCUT2D eigenvalue weighted by atomic mass is 32.1. The summed E-state index contributed by atoms with van der Waals surface area (Å²) in [5.74, 6) is -0.377. The van der Waals surface area contributed by atoms with Crippen molar-refractivity contribution in [2.24, 2.45) is 0 Å². The number of imidazole rings is 1. The van der Waals surface area contributed by atoms with Crippen molar-refractivity contribution in [3.63, 3.8) is 0 Å². The van der Waals surface area contributed by atoms with Gasteiger partial charge < -0.3 is 14.4 Å². The summed E-state index contributed by atoms with van der Waals surface area (Å²) in [6, 6.07) is 10.1. The lowest BCUT2D eigenvalue weighted by molar-refractivity contribution is -0.181. The van der Waals surface area contributed by atoms with Gasteiger partial charge in [-0.3, -0.25) is 9.20 Å². The number of benzene rings is 1. The topological polar surface area (TPSA) is 56.1 Å². The molecule has 140 valence electrons. The normalized spacial score (nSPS) is 19.2. The highest BCUT2D eigenvalue weighted by Crippen LogP contribution is 2.33. The van der Waals surface area contributed by atoms with Crippen LogP contribution in [-0.2, 0) is 9.47 Å². The fourth-order valence-electron chi connectivity index (χ4n) is 3.88. The molecular formula is C20H21N3O3S. The lowest BCUT2D eigenvalue weighted by atomic mass is 10.0. The second-order valence-electron chi connectivity index (χ2n) is 7.06. The number of ether oxygens (including phenoxy) is 2. The minimum Gasteiger partial charge on any atom is -0.347 e. The largest absolute Gasteiger partial charge is 0.347 e. The van der Waals surface area contributed by atoms with E-state index in [0.29, 0.717) is 26.3 Å². The molecule has 0 radical (unpaired) electrons. The van der Waals surface area contributed by atoms with Crippen molar-refractivity contribution in [3.05, 3.63) is 47.1 Å². The van der Waals surface area contributed by atoms with E-state index in [2.05, 4.69) is 0 Å². The Morgan fingerprint density at radius 1 is 1.15 bits per heavy atom. The first-order valence-electron chi connectivity index (χ1n) is 9.26. The van der Waals surface area contributed by atoms with Crippen LogP contribution in [-0.4, -0.2) is 52.3 Å². The first kappa shape index (κ1) is 16.9. The third kappa shape index (κ3) is 2.86. The predicted molar refractivity (Wildman–Crippen MR) is 103 cm³/mol. The van der Waals surface area contributed by atoms with Crippen LogP contribution in [0.2, 0.25) is 0 Å². The Bertz CT molecular complexity index is 979. The molecule has 0 N–H and O–H groups in total. The maximum atomic E-state index is 13.1. The van der Waals surface area contributed by atoms with E-state index in [9.17, 15) is 4.79 Å². The van der Waals surface area contributed by atoms with E-state index in [-0.39, 0.29) is 5.91 Å². The van der Waals surface area contributed by atoms with Crippen LogP contribution in [0.5, 0.6) is 0 Å². The van der Waals surface area contributed by atoms with Crippen molar-refractivity contribution >= 4 is 22.2 Å². The Labute approximate surface area is 161 Å². The van der Waals surface area contributed by atoms with Gasteiger partial charge in [-0.05, 0) is 6.92 Å². The van der Waals surface area contributed by atoms with Crippen LogP contribution in [0.25, 0.3) is 16.2 Å². The quantitative estimate of drug-likeness (QED) is 0.681. The Hall–Kier alpha value is -2.22. The predicted octanol–water partition coefficient (Wildman–Crippen LogP) is 3.35. The van der Waals surface area contributed by atoms with Gasteiger partial charge in [0.1, 0.15) is 4.88 Å². The van der Waals surface area contributed by atoms with E-state index >= 15 is 0 Å². The molecule has 2 aromatic heterocycles. The van der Waals surface area contributed by atoms with E-state index in [4.69, 9.17) is 14.5 Å². The molecular weight excluding hydrogens is 362 g/mol. The molecule has 6 nitrogen and oxygen atoms in total. The van der Waals surface area contributed by atoms with Crippen LogP contribution in [0.1, 0.15) is 28.2 Å². The number of carbonyl (C=O) groups excluding carboxylic acids is 1. The molecule has 27 heavy (non-hydrogen) atoms. The molecule has 2 fully saturated rings. The van der Waals surface area contributed by atoms with Crippen LogP contribution >= 0.6 is 11.3 Å². The molecule has 0 unspecified atom stereocenters. The van der Waals surface area contributed by atoms with Crippen LogP contribution in [0.4, 0.5) is 0 Å². The third-order valence-corrected chi connectivity index (χ3v) is 6.59. The summed E-state index contributed by atoms with van der Waals surface area (Å²) >= 11 is 1.46. The average molecular weight is 383 g/mol. The Morgan fingerprint density at radius 2 is 1.85 bits per heavy atom. The number of carbonyl (C=O) groups is 1. The van der Waals surface area contributed by atoms with Gasteiger partial charge in [0.25, 0.3) is 5.91 Å². The second kappa shape index (κ2) is 6.44. The number of nitrogens with zero attached hydrogens (tertiary/aromatic N) is 3. The van der Waals surface area contributed by atoms with Gasteiger partial charge in [0.15, 0.2) is 10.7 Å². The summed E-state index contributed by atoms with van der Waals surface area (Å²) in [5, 5.41) is 0. The molecule has 3 aromatic rings. The number of piperidine rings is 1. The van der Waals surface area contributed by atoms with E-state index in [1.54, 1.807) is 0 Å². The van der Waals surface area contributed by atoms with Crippen LogP contribution < -0.4 is 0 Å². The van der Waals surface area contributed by atoms with E-state index in [0.717, 1.165) is 39.6 Å². The Kier molecular flexibility index (Phi) is 4.03. The maximum Gasteiger partial charge on any atom is 0.265 e. The molecule has 4 heterocycles. The Balaban J connectivity index is 1.38. The van der Waals surface area contributed by atoms with Gasteiger partial charge in [-0.2, -0.15) is 0 Å². The number of amides is 1. The minimum absolute atomic E-state index is 0.0807. The lowest BCUT2D eigenvalue weighted by Gasteiger charge is -2.37. The van der Waals surface area contributed by atoms with Crippen LogP contribution in [0.3, 0.4) is 0 Å². The molecule has 0 aliphatic carbocycles. The molecule has 0 saturated carbocycles. The minimum atomic E-state index is -0.458. The van der Waals surface area contributed by atoms with Crippen molar-refractivity contribution in [2.75, 3.05) is 26.3 Å². The number of thiazole rings is 1. The molecule has 1 aromatic carbocycles. The number of fused-ring (bicyclic) bond motifs is 1. The highest BCUT2D eigenvalue weighted by molar-refractivity contribution is 7.19. The first-order chi connectivity index (χ1) is 13.2. The zero-order valence-corrected chi connectivity index (χ0v) is 16.0. The van der Waals surface area contributed by atoms with Gasteiger partial charge in [-0.25, -0.2) is 4.98 Å². The van der Waals surface area contributed by atoms with E-state index < -0.39 is 5.79 Å². The molecule has 1 amide bonds. The van der Waals surface area contributed by atoms with Crippen molar-refractivity contribution in [1.29, 1.82) is 0 Å². The average Bonchev–Trinajstić information content (AvgIpc) is 3.40. The molecule has 1 spiro atoms. The van der Waals surface area contributed by atoms with E-state index in [1.165, 1.54) is 11.3 Å². The van der Waals surface area contributed by atoms with E-state index in [1.807, 2.05) is 52.8 Å². The summed E-state index contributed by atoms with van der Waals surface area (Å²) in [4.78, 5) is 21.3. The number of aromatic nitrogens is 2. The van der Waals surface area contributed by atoms with Crippen LogP contribution in [0.15, 0.2) is 36.5 Å². The number of aryl methyl sites for hydroxylation is 1. The summed E-state index contributed by atoms with van der Waals surface area (Å²) < 4.78 is 13.5. The number of hydrogen-bond donors (Lipinski definition) is 0. The zero-order chi connectivity index (χ0) is 18.4. The fourth-order valence-corrected chi connectivity index (χ4v) is 4.95. The molecule has 2 aliphatic heterocycles. The smallest absolute Gasteiger partial charge is 0.265 e. The summed E-state index contributed by atoms with van der Waals surface area (Å²) in [6.07, 6.45) is 3.48. The van der Waals surface area contributed by atoms with Gasteiger partial charge >= 0.3 is 0 Å². The van der Waals surface area contributed by atoms with Gasteiger partial charge in [0.05, 0.1) is 18.9 Å². The molecule has 2 aliphatic rings. The molecule has 0 bridgehead atoms. The fraction of sp³-hybridized carbons (Fsp3) is 0.400. The summed E-state index contributed by atoms with van der Waals surface area (Å²) in [5.41, 5.74) is 2.96. The SMILES string of the molecule is Cc1c(C(=O)N2CCC3(CC2)OCCO3)sc2nc(-c3ccccc3)cn12. The highest BCUT2D eigenvalue weighted by Gasteiger charge is 2.41. The third-order valence-electron chi connectivity index (χ3n) is 5.45. The van der Waals surface area contributed by atoms with Gasteiger partial charge in [-0.1, -0.05) is 41.7 Å². The molecule has 7 heteroatoms. The number of likely N-dealkylation sites (tertiary alicyclic amines) is 1. The number of rotatable bonds is 2. The van der Waals surface area contributed by atoms with Gasteiger partial charge in [0, 0.05) is 43.4 Å². The van der Waals surface area contributed by atoms with Crippen LogP contribution in [0, 0.1) is 6.92 Å². The maximum absolute atomic E-state index is 13.1. The standard InChI is InChI=1S/C20H21N3O3S/c1-14-17(18(24)22-9-7-20(8-10-22)25-11-12-26-20)27-19-21-16(13-23(14)19)15-5-3-2-4-6-15/h2-6,13H,7-12H2,1H3. The van der Waals surface area contributed by atoms with Crippen molar-refractivity contribution < 1.29 is 14.3 Å². The van der Waals surface area contributed by atoms with Crippen molar-refractivity contribution in [2.45, 2.75) is 25.6 Å². The molecule has 2 saturated heterocycles.